The maximum absolute atomic E-state index is 12.8. The molecular weight excluding hydrogens is 829 g/mol. The highest BCUT2D eigenvalue weighted by Crippen LogP contribution is 2.13. The highest BCUT2D eigenvalue weighted by Gasteiger charge is 2.19. The van der Waals surface area contributed by atoms with E-state index in [1.807, 2.05) is 0 Å². The van der Waals surface area contributed by atoms with Crippen molar-refractivity contribution in [3.63, 3.8) is 0 Å². The minimum absolute atomic E-state index is 0.113. The molecule has 0 N–H and O–H groups in total. The molecule has 0 aliphatic heterocycles. The predicted octanol–water partition coefficient (Wildman–Crippen LogP) is 18.1. The highest BCUT2D eigenvalue weighted by molar-refractivity contribution is 5.71. The molecule has 1 atom stereocenters. The van der Waals surface area contributed by atoms with Crippen LogP contribution in [0.25, 0.3) is 0 Å². The number of unbranched alkanes of at least 4 members (excludes halogenated alkanes) is 16. The predicted molar refractivity (Wildman–Crippen MR) is 288 cm³/mol. The zero-order chi connectivity index (χ0) is 48.6. The van der Waals surface area contributed by atoms with Crippen molar-refractivity contribution in [3.8, 4) is 0 Å². The van der Waals surface area contributed by atoms with Crippen LogP contribution in [-0.2, 0) is 28.6 Å². The zero-order valence-corrected chi connectivity index (χ0v) is 43.1. The SMILES string of the molecule is CC/C=C\C/C=C\C/C=C\C/C=C\C/C=C\CCCC(=O)OC[C@H](COC(=O)CCCCCC/C=C\C/C=C\C/C=C\C/C=C\CC)OC(=O)CCCCCCCCC/C=C\CCCCCC. The molecule has 0 saturated heterocycles. The van der Waals surface area contributed by atoms with Gasteiger partial charge < -0.3 is 14.2 Å². The van der Waals surface area contributed by atoms with E-state index in [0.717, 1.165) is 116 Å². The molecule has 0 heterocycles. The van der Waals surface area contributed by atoms with Crippen LogP contribution >= 0.6 is 0 Å². The molecule has 0 unspecified atom stereocenters. The smallest absolute Gasteiger partial charge is 0.306 e. The van der Waals surface area contributed by atoms with Crippen LogP contribution in [0.1, 0.15) is 226 Å². The first kappa shape index (κ1) is 62.8. The molecule has 0 saturated carbocycles. The third-order valence-electron chi connectivity index (χ3n) is 10.9. The van der Waals surface area contributed by atoms with Crippen molar-refractivity contribution < 1.29 is 28.6 Å². The first-order valence-electron chi connectivity index (χ1n) is 27.0. The molecule has 0 aliphatic rings. The molecule has 0 bridgehead atoms. The fourth-order valence-electron chi connectivity index (χ4n) is 6.93. The lowest BCUT2D eigenvalue weighted by molar-refractivity contribution is -0.167. The van der Waals surface area contributed by atoms with Gasteiger partial charge in [-0.2, -0.15) is 0 Å². The maximum atomic E-state index is 12.8. The summed E-state index contributed by atoms with van der Waals surface area (Å²) in [6.07, 6.45) is 74.7. The number of allylic oxidation sites excluding steroid dienone is 20. The molecule has 0 spiro atoms. The van der Waals surface area contributed by atoms with Gasteiger partial charge in [0.25, 0.3) is 0 Å². The summed E-state index contributed by atoms with van der Waals surface area (Å²) >= 11 is 0. The van der Waals surface area contributed by atoms with Crippen molar-refractivity contribution >= 4 is 17.9 Å². The maximum Gasteiger partial charge on any atom is 0.306 e. The lowest BCUT2D eigenvalue weighted by atomic mass is 10.1. The molecule has 0 fully saturated rings. The average Bonchev–Trinajstić information content (AvgIpc) is 3.33. The third kappa shape index (κ3) is 52.6. The van der Waals surface area contributed by atoms with Gasteiger partial charge in [0.1, 0.15) is 13.2 Å². The Hall–Kier alpha value is -4.19. The third-order valence-corrected chi connectivity index (χ3v) is 10.9. The molecule has 6 nitrogen and oxygen atoms in total. The molecule has 67 heavy (non-hydrogen) atoms. The lowest BCUT2D eigenvalue weighted by Crippen LogP contribution is -2.30. The van der Waals surface area contributed by atoms with Gasteiger partial charge >= 0.3 is 17.9 Å². The van der Waals surface area contributed by atoms with Crippen LogP contribution in [0.3, 0.4) is 0 Å². The van der Waals surface area contributed by atoms with Crippen LogP contribution in [0.15, 0.2) is 122 Å². The minimum Gasteiger partial charge on any atom is -0.462 e. The summed E-state index contributed by atoms with van der Waals surface area (Å²) in [5.41, 5.74) is 0. The van der Waals surface area contributed by atoms with Gasteiger partial charge in [-0.15, -0.1) is 0 Å². The number of carbonyl (C=O) groups is 3. The molecule has 0 rings (SSSR count). The Balaban J connectivity index is 4.54. The van der Waals surface area contributed by atoms with Crippen molar-refractivity contribution in [1.82, 2.24) is 0 Å². The van der Waals surface area contributed by atoms with Crippen molar-refractivity contribution in [3.05, 3.63) is 122 Å². The fraction of sp³-hybridized carbons (Fsp3) is 0.623. The van der Waals surface area contributed by atoms with E-state index in [-0.39, 0.29) is 37.5 Å². The van der Waals surface area contributed by atoms with Gasteiger partial charge in [0.2, 0.25) is 0 Å². The summed E-state index contributed by atoms with van der Waals surface area (Å²) in [6, 6.07) is 0. The van der Waals surface area contributed by atoms with Crippen molar-refractivity contribution in [2.24, 2.45) is 0 Å². The second kappa shape index (κ2) is 54.4. The normalized spacial score (nSPS) is 13.1. The molecule has 6 heteroatoms. The Kier molecular flexibility index (Phi) is 51.0. The number of ether oxygens (including phenoxy) is 3. The van der Waals surface area contributed by atoms with E-state index in [1.165, 1.54) is 64.2 Å². The molecule has 0 aromatic heterocycles. The summed E-state index contributed by atoms with van der Waals surface area (Å²) in [5, 5.41) is 0. The molecule has 0 aliphatic carbocycles. The summed E-state index contributed by atoms with van der Waals surface area (Å²) in [5.74, 6) is -1.00. The molecule has 378 valence electrons. The fourth-order valence-corrected chi connectivity index (χ4v) is 6.93. The van der Waals surface area contributed by atoms with E-state index < -0.39 is 6.10 Å². The van der Waals surface area contributed by atoms with Crippen LogP contribution in [0.5, 0.6) is 0 Å². The van der Waals surface area contributed by atoms with E-state index in [2.05, 4.69) is 142 Å². The van der Waals surface area contributed by atoms with Gasteiger partial charge in [-0.1, -0.05) is 206 Å². The van der Waals surface area contributed by atoms with Crippen molar-refractivity contribution in [2.45, 2.75) is 232 Å². The highest BCUT2D eigenvalue weighted by atomic mass is 16.6. The van der Waals surface area contributed by atoms with E-state index in [9.17, 15) is 14.4 Å². The zero-order valence-electron chi connectivity index (χ0n) is 43.1. The Morgan fingerprint density at radius 1 is 0.313 bits per heavy atom. The largest absolute Gasteiger partial charge is 0.462 e. The number of carbonyl (C=O) groups excluding carboxylic acids is 3. The first-order chi connectivity index (χ1) is 33.0. The van der Waals surface area contributed by atoms with Gasteiger partial charge in [-0.3, -0.25) is 14.4 Å². The van der Waals surface area contributed by atoms with Gasteiger partial charge in [0.15, 0.2) is 6.10 Å². The Labute approximate surface area is 412 Å². The number of esters is 3. The molecule has 0 radical (unpaired) electrons. The molecule has 0 aromatic rings. The lowest BCUT2D eigenvalue weighted by Gasteiger charge is -2.18. The summed E-state index contributed by atoms with van der Waals surface area (Å²) in [4.78, 5) is 38.1. The molecule has 0 amide bonds. The van der Waals surface area contributed by atoms with E-state index in [1.54, 1.807) is 0 Å². The van der Waals surface area contributed by atoms with Gasteiger partial charge in [0, 0.05) is 19.3 Å². The van der Waals surface area contributed by atoms with Crippen LogP contribution < -0.4 is 0 Å². The summed E-state index contributed by atoms with van der Waals surface area (Å²) in [6.45, 7) is 6.31. The van der Waals surface area contributed by atoms with Crippen LogP contribution in [0.2, 0.25) is 0 Å². The monoisotopic (exact) mass is 927 g/mol. The number of hydrogen-bond acceptors (Lipinski definition) is 6. The van der Waals surface area contributed by atoms with E-state index in [0.29, 0.717) is 19.3 Å². The van der Waals surface area contributed by atoms with Gasteiger partial charge in [-0.25, -0.2) is 0 Å². The van der Waals surface area contributed by atoms with E-state index in [4.69, 9.17) is 14.2 Å². The molecule has 0 aromatic carbocycles. The Morgan fingerprint density at radius 3 is 0.985 bits per heavy atom. The van der Waals surface area contributed by atoms with Crippen LogP contribution in [0, 0.1) is 0 Å². The Bertz CT molecular complexity index is 1440. The first-order valence-corrected chi connectivity index (χ1v) is 27.0. The van der Waals surface area contributed by atoms with E-state index >= 15 is 0 Å². The van der Waals surface area contributed by atoms with Crippen LogP contribution in [-0.4, -0.2) is 37.2 Å². The van der Waals surface area contributed by atoms with Crippen molar-refractivity contribution in [1.29, 1.82) is 0 Å². The summed E-state index contributed by atoms with van der Waals surface area (Å²) in [7, 11) is 0. The second-order valence-corrected chi connectivity index (χ2v) is 17.4. The Morgan fingerprint density at radius 2 is 0.597 bits per heavy atom. The van der Waals surface area contributed by atoms with Gasteiger partial charge in [0.05, 0.1) is 0 Å². The van der Waals surface area contributed by atoms with Crippen LogP contribution in [0.4, 0.5) is 0 Å². The second-order valence-electron chi connectivity index (χ2n) is 17.4. The molecular formula is C61H98O6. The average molecular weight is 927 g/mol. The summed E-state index contributed by atoms with van der Waals surface area (Å²) < 4.78 is 16.8. The standard InChI is InChI=1S/C61H98O6/c1-4-7-10-13-16-19-22-25-28-30-33-35-38-41-44-47-50-53-59(62)65-56-58(67-61(64)55-52-49-46-43-40-37-32-27-24-21-18-15-12-9-6-3)57-66-60(63)54-51-48-45-42-39-36-34-31-29-26-23-20-17-14-11-8-5-2/h7-8,10-11,16-17,19-21,24-26,28-29,33-36,41,44,58H,4-6,9,12-15,18,22-23,27,30-32,37-40,42-43,45-57H2,1-3H3/b10-7-,11-8-,19-16-,20-17-,24-21-,28-25-,29-26-,35-33-,36-34-,44-41-/t58-/m1/s1. The topological polar surface area (TPSA) is 78.9 Å². The quantitative estimate of drug-likeness (QED) is 0.0262. The number of rotatable bonds is 47. The number of hydrogen-bond donors (Lipinski definition) is 0. The van der Waals surface area contributed by atoms with Gasteiger partial charge in [-0.05, 0) is 122 Å². The van der Waals surface area contributed by atoms with Crippen molar-refractivity contribution in [2.75, 3.05) is 13.2 Å². The minimum atomic E-state index is -0.817.